The Kier molecular flexibility index (Phi) is 4.93. The van der Waals surface area contributed by atoms with Gasteiger partial charge in [0.1, 0.15) is 5.82 Å². The van der Waals surface area contributed by atoms with Gasteiger partial charge in [-0.25, -0.2) is 4.98 Å². The summed E-state index contributed by atoms with van der Waals surface area (Å²) in [7, 11) is 0. The molecule has 1 fully saturated rings. The third-order valence-electron chi connectivity index (χ3n) is 3.57. The van der Waals surface area contributed by atoms with Crippen LogP contribution in [0, 0.1) is 0 Å². The molecule has 0 aliphatic carbocycles. The van der Waals surface area contributed by atoms with Crippen LogP contribution in [0.2, 0.25) is 5.02 Å². The van der Waals surface area contributed by atoms with E-state index in [1.807, 2.05) is 0 Å². The van der Waals surface area contributed by atoms with Crippen LogP contribution in [0.1, 0.15) is 12.8 Å². The number of anilines is 1. The van der Waals surface area contributed by atoms with E-state index in [0.717, 1.165) is 0 Å². The minimum Gasteiger partial charge on any atom is -0.380 e. The molecule has 2 N–H and O–H groups in total. The Labute approximate surface area is 130 Å². The molecule has 2 heterocycles. The average molecular weight is 338 g/mol. The number of alkyl halides is 3. The van der Waals surface area contributed by atoms with Gasteiger partial charge in [0, 0.05) is 19.3 Å². The maximum Gasteiger partial charge on any atom is 0.417 e. The molecule has 0 aromatic carbocycles. The lowest BCUT2D eigenvalue weighted by atomic mass is 9.91. The smallest absolute Gasteiger partial charge is 0.380 e. The van der Waals surface area contributed by atoms with Crippen molar-refractivity contribution in [1.82, 2.24) is 9.88 Å². The summed E-state index contributed by atoms with van der Waals surface area (Å²) >= 11 is 5.67. The van der Waals surface area contributed by atoms with Gasteiger partial charge >= 0.3 is 6.18 Å². The van der Waals surface area contributed by atoms with E-state index in [9.17, 15) is 23.1 Å². The first-order chi connectivity index (χ1) is 10.2. The summed E-state index contributed by atoms with van der Waals surface area (Å²) in [4.78, 5) is 17.3. The van der Waals surface area contributed by atoms with Gasteiger partial charge in [-0.15, -0.1) is 0 Å². The van der Waals surface area contributed by atoms with Gasteiger partial charge in [0.05, 0.1) is 11.6 Å². The SMILES string of the molecule is O=C(CN1CCC(O)(C(F)(F)F)CC1)Nc1ccc(Cl)cn1. The number of aliphatic hydroxyl groups is 1. The molecule has 0 spiro atoms. The molecule has 0 radical (unpaired) electrons. The van der Waals surface area contributed by atoms with Crippen LogP contribution in [-0.4, -0.2) is 52.3 Å². The van der Waals surface area contributed by atoms with Crippen molar-refractivity contribution in [2.75, 3.05) is 25.0 Å². The standard InChI is InChI=1S/C13H15ClF3N3O2/c14-9-1-2-10(18-7-9)19-11(21)8-20-5-3-12(22,4-6-20)13(15,16)17/h1-2,7,22H,3-6,8H2,(H,18,19,21). The van der Waals surface area contributed by atoms with E-state index in [1.54, 1.807) is 11.0 Å². The predicted molar refractivity (Wildman–Crippen MR) is 74.6 cm³/mol. The van der Waals surface area contributed by atoms with Crippen LogP contribution in [0.5, 0.6) is 0 Å². The Morgan fingerprint density at radius 3 is 2.55 bits per heavy atom. The van der Waals surface area contributed by atoms with Gasteiger partial charge in [-0.05, 0) is 25.0 Å². The first-order valence-corrected chi connectivity index (χ1v) is 7.00. The lowest BCUT2D eigenvalue weighted by molar-refractivity contribution is -0.272. The molecule has 22 heavy (non-hydrogen) atoms. The van der Waals surface area contributed by atoms with E-state index in [1.165, 1.54) is 12.3 Å². The number of amides is 1. The lowest BCUT2D eigenvalue weighted by Crippen LogP contribution is -2.54. The van der Waals surface area contributed by atoms with Crippen LogP contribution in [0.4, 0.5) is 19.0 Å². The molecule has 1 aromatic rings. The van der Waals surface area contributed by atoms with Crippen LogP contribution in [0.3, 0.4) is 0 Å². The van der Waals surface area contributed by atoms with E-state index in [4.69, 9.17) is 11.6 Å². The van der Waals surface area contributed by atoms with Crippen LogP contribution >= 0.6 is 11.6 Å². The average Bonchev–Trinajstić information content (AvgIpc) is 2.43. The molecule has 1 aliphatic heterocycles. The zero-order valence-electron chi connectivity index (χ0n) is 11.5. The van der Waals surface area contributed by atoms with Crippen LogP contribution in [0.25, 0.3) is 0 Å². The van der Waals surface area contributed by atoms with Crippen molar-refractivity contribution in [3.05, 3.63) is 23.4 Å². The fourth-order valence-corrected chi connectivity index (χ4v) is 2.31. The summed E-state index contributed by atoms with van der Waals surface area (Å²) in [6.45, 7) is -0.0623. The number of likely N-dealkylation sites (tertiary alicyclic amines) is 1. The summed E-state index contributed by atoms with van der Waals surface area (Å²) in [6, 6.07) is 3.09. The van der Waals surface area contributed by atoms with Gasteiger partial charge in [-0.1, -0.05) is 11.6 Å². The highest BCUT2D eigenvalue weighted by molar-refractivity contribution is 6.30. The molecule has 1 aromatic heterocycles. The summed E-state index contributed by atoms with van der Waals surface area (Å²) in [6.07, 6.45) is -4.15. The summed E-state index contributed by atoms with van der Waals surface area (Å²) < 4.78 is 38.0. The Balaban J connectivity index is 1.83. The van der Waals surface area contributed by atoms with Crippen LogP contribution in [-0.2, 0) is 4.79 Å². The minimum atomic E-state index is -4.64. The van der Waals surface area contributed by atoms with E-state index in [0.29, 0.717) is 10.8 Å². The second-order valence-corrected chi connectivity index (χ2v) is 5.65. The molecular formula is C13H15ClF3N3O2. The molecule has 0 bridgehead atoms. The molecule has 2 rings (SSSR count). The third-order valence-corrected chi connectivity index (χ3v) is 3.80. The maximum absolute atomic E-state index is 12.7. The van der Waals surface area contributed by atoms with E-state index in [2.05, 4.69) is 10.3 Å². The number of nitrogens with one attached hydrogen (secondary N) is 1. The highest BCUT2D eigenvalue weighted by Gasteiger charge is 2.54. The van der Waals surface area contributed by atoms with Crippen molar-refractivity contribution in [2.45, 2.75) is 24.6 Å². The predicted octanol–water partition coefficient (Wildman–Crippen LogP) is 2.06. The molecule has 1 aliphatic rings. The van der Waals surface area contributed by atoms with Crippen LogP contribution in [0.15, 0.2) is 18.3 Å². The van der Waals surface area contributed by atoms with Crippen molar-refractivity contribution >= 4 is 23.3 Å². The van der Waals surface area contributed by atoms with Crippen molar-refractivity contribution in [2.24, 2.45) is 0 Å². The van der Waals surface area contributed by atoms with E-state index in [-0.39, 0.29) is 25.5 Å². The number of rotatable bonds is 3. The molecule has 1 saturated heterocycles. The number of carbonyl (C=O) groups is 1. The largest absolute Gasteiger partial charge is 0.417 e. The Bertz CT molecular complexity index is 528. The lowest BCUT2D eigenvalue weighted by Gasteiger charge is -2.38. The second kappa shape index (κ2) is 6.39. The zero-order chi connectivity index (χ0) is 16.4. The number of piperidine rings is 1. The first kappa shape index (κ1) is 17.0. The first-order valence-electron chi connectivity index (χ1n) is 6.62. The Morgan fingerprint density at radius 1 is 1.41 bits per heavy atom. The molecular weight excluding hydrogens is 323 g/mol. The number of halogens is 4. The Morgan fingerprint density at radius 2 is 2.05 bits per heavy atom. The van der Waals surface area contributed by atoms with Crippen LogP contribution < -0.4 is 5.32 Å². The highest BCUT2D eigenvalue weighted by atomic mass is 35.5. The highest BCUT2D eigenvalue weighted by Crippen LogP contribution is 2.38. The number of carbonyl (C=O) groups excluding carboxylic acids is 1. The summed E-state index contributed by atoms with van der Waals surface area (Å²) in [5, 5.41) is 12.5. The van der Waals surface area contributed by atoms with Gasteiger partial charge in [-0.3, -0.25) is 9.69 Å². The fraction of sp³-hybridized carbons (Fsp3) is 0.538. The molecule has 122 valence electrons. The number of aromatic nitrogens is 1. The van der Waals surface area contributed by atoms with Crippen molar-refractivity contribution in [3.8, 4) is 0 Å². The molecule has 0 atom stereocenters. The quantitative estimate of drug-likeness (QED) is 0.886. The number of nitrogens with zero attached hydrogens (tertiary/aromatic N) is 2. The van der Waals surface area contributed by atoms with Crippen molar-refractivity contribution < 1.29 is 23.1 Å². The van der Waals surface area contributed by atoms with E-state index < -0.39 is 24.6 Å². The summed E-state index contributed by atoms with van der Waals surface area (Å²) in [5.41, 5.74) is -2.66. The van der Waals surface area contributed by atoms with Gasteiger partial charge in [-0.2, -0.15) is 13.2 Å². The van der Waals surface area contributed by atoms with Gasteiger partial charge < -0.3 is 10.4 Å². The number of pyridine rings is 1. The molecule has 1 amide bonds. The van der Waals surface area contributed by atoms with Crippen molar-refractivity contribution in [3.63, 3.8) is 0 Å². The molecule has 0 saturated carbocycles. The molecule has 5 nitrogen and oxygen atoms in total. The normalized spacial score (nSPS) is 19.0. The van der Waals surface area contributed by atoms with Gasteiger partial charge in [0.15, 0.2) is 5.60 Å². The van der Waals surface area contributed by atoms with E-state index >= 15 is 0 Å². The number of hydrogen-bond acceptors (Lipinski definition) is 4. The molecule has 9 heteroatoms. The number of hydrogen-bond donors (Lipinski definition) is 2. The minimum absolute atomic E-state index is 0.00250. The molecule has 0 unspecified atom stereocenters. The maximum atomic E-state index is 12.7. The third kappa shape index (κ3) is 4.08. The second-order valence-electron chi connectivity index (χ2n) is 5.22. The topological polar surface area (TPSA) is 65.5 Å². The Hall–Kier alpha value is -1.38. The van der Waals surface area contributed by atoms with Gasteiger partial charge in [0.2, 0.25) is 5.91 Å². The van der Waals surface area contributed by atoms with Crippen molar-refractivity contribution in [1.29, 1.82) is 0 Å². The van der Waals surface area contributed by atoms with Gasteiger partial charge in [0.25, 0.3) is 0 Å². The monoisotopic (exact) mass is 337 g/mol. The summed E-state index contributed by atoms with van der Waals surface area (Å²) in [5.74, 6) is -0.0644. The fourth-order valence-electron chi connectivity index (χ4n) is 2.20. The zero-order valence-corrected chi connectivity index (χ0v) is 12.3.